The second kappa shape index (κ2) is 3.84. The van der Waals surface area contributed by atoms with Gasteiger partial charge in [0.2, 0.25) is 5.91 Å². The lowest BCUT2D eigenvalue weighted by Crippen LogP contribution is -2.31. The van der Waals surface area contributed by atoms with Crippen LogP contribution in [0.2, 0.25) is 0 Å². The highest BCUT2D eigenvalue weighted by Gasteiger charge is 2.26. The van der Waals surface area contributed by atoms with Crippen molar-refractivity contribution in [1.82, 2.24) is 4.90 Å². The Hall–Kier alpha value is -2.04. The van der Waals surface area contributed by atoms with Gasteiger partial charge in [-0.2, -0.15) is 0 Å². The third kappa shape index (κ3) is 1.60. The van der Waals surface area contributed by atoms with E-state index < -0.39 is 0 Å². The predicted octanol–water partition coefficient (Wildman–Crippen LogP) is 0.719. The van der Waals surface area contributed by atoms with Gasteiger partial charge in [-0.05, 0) is 12.1 Å². The maximum Gasteiger partial charge on any atom is 0.259 e. The Balaban J connectivity index is 2.59. The average molecular weight is 220 g/mol. The Morgan fingerprint density at radius 1 is 1.38 bits per heavy atom. The van der Waals surface area contributed by atoms with Crippen LogP contribution in [0.15, 0.2) is 18.2 Å². The molecule has 0 saturated heterocycles. The molecule has 84 valence electrons. The van der Waals surface area contributed by atoms with Gasteiger partial charge in [0.15, 0.2) is 0 Å². The van der Waals surface area contributed by atoms with Crippen molar-refractivity contribution in [1.29, 1.82) is 0 Å². The molecule has 0 aliphatic carbocycles. The highest BCUT2D eigenvalue weighted by Crippen LogP contribution is 2.29. The van der Waals surface area contributed by atoms with E-state index in [0.29, 0.717) is 17.0 Å². The van der Waals surface area contributed by atoms with E-state index in [2.05, 4.69) is 5.32 Å². The predicted molar refractivity (Wildman–Crippen MR) is 58.6 cm³/mol. The molecule has 1 aliphatic heterocycles. The molecule has 16 heavy (non-hydrogen) atoms. The molecule has 1 N–H and O–H groups in total. The smallest absolute Gasteiger partial charge is 0.259 e. The SMILES string of the molecule is COc1cccc2c1C(=O)N(C)CC(=O)N2. The summed E-state index contributed by atoms with van der Waals surface area (Å²) in [6.45, 7) is 0.0522. The molecule has 2 amide bonds. The van der Waals surface area contributed by atoms with Crippen LogP contribution in [0.1, 0.15) is 10.4 Å². The van der Waals surface area contributed by atoms with Gasteiger partial charge in [0.1, 0.15) is 11.3 Å². The van der Waals surface area contributed by atoms with Crippen molar-refractivity contribution in [2.24, 2.45) is 0 Å². The quantitative estimate of drug-likeness (QED) is 0.758. The highest BCUT2D eigenvalue weighted by atomic mass is 16.5. The number of likely N-dealkylation sites (N-methyl/N-ethyl adjacent to an activating group) is 1. The van der Waals surface area contributed by atoms with E-state index in [0.717, 1.165) is 0 Å². The molecule has 1 aliphatic rings. The minimum atomic E-state index is -0.217. The normalized spacial score (nSPS) is 15.2. The summed E-state index contributed by atoms with van der Waals surface area (Å²) in [4.78, 5) is 24.8. The maximum atomic E-state index is 12.0. The molecule has 1 aromatic carbocycles. The second-order valence-electron chi connectivity index (χ2n) is 3.59. The molecule has 1 aromatic rings. The number of nitrogens with zero attached hydrogens (tertiary/aromatic N) is 1. The van der Waals surface area contributed by atoms with Crippen molar-refractivity contribution in [2.45, 2.75) is 0 Å². The first-order valence-electron chi connectivity index (χ1n) is 4.86. The van der Waals surface area contributed by atoms with Gasteiger partial charge in [-0.25, -0.2) is 0 Å². The summed E-state index contributed by atoms with van der Waals surface area (Å²) in [5, 5.41) is 2.68. The van der Waals surface area contributed by atoms with Crippen molar-refractivity contribution in [3.05, 3.63) is 23.8 Å². The van der Waals surface area contributed by atoms with Gasteiger partial charge in [0.05, 0.1) is 19.3 Å². The van der Waals surface area contributed by atoms with Gasteiger partial charge in [0.25, 0.3) is 5.91 Å². The fraction of sp³-hybridized carbons (Fsp3) is 0.273. The number of anilines is 1. The van der Waals surface area contributed by atoms with Crippen molar-refractivity contribution in [2.75, 3.05) is 26.0 Å². The Morgan fingerprint density at radius 2 is 2.12 bits per heavy atom. The number of carbonyl (C=O) groups excluding carboxylic acids is 2. The number of hydrogen-bond acceptors (Lipinski definition) is 3. The summed E-state index contributed by atoms with van der Waals surface area (Å²) < 4.78 is 5.12. The van der Waals surface area contributed by atoms with Gasteiger partial charge in [-0.15, -0.1) is 0 Å². The van der Waals surface area contributed by atoms with E-state index in [1.54, 1.807) is 25.2 Å². The van der Waals surface area contributed by atoms with E-state index >= 15 is 0 Å². The summed E-state index contributed by atoms with van der Waals surface area (Å²) in [7, 11) is 3.08. The lowest BCUT2D eigenvalue weighted by atomic mass is 10.1. The zero-order valence-corrected chi connectivity index (χ0v) is 9.11. The van der Waals surface area contributed by atoms with Crippen LogP contribution in [0.25, 0.3) is 0 Å². The van der Waals surface area contributed by atoms with E-state index in [1.165, 1.54) is 12.0 Å². The topological polar surface area (TPSA) is 58.6 Å². The summed E-state index contributed by atoms with van der Waals surface area (Å²) >= 11 is 0. The molecular weight excluding hydrogens is 208 g/mol. The van der Waals surface area contributed by atoms with Crippen LogP contribution >= 0.6 is 0 Å². The minimum Gasteiger partial charge on any atom is -0.496 e. The number of carbonyl (C=O) groups is 2. The number of hydrogen-bond donors (Lipinski definition) is 1. The van der Waals surface area contributed by atoms with E-state index in [9.17, 15) is 9.59 Å². The summed E-state index contributed by atoms with van der Waals surface area (Å²) in [5.41, 5.74) is 0.900. The zero-order valence-electron chi connectivity index (χ0n) is 9.11. The molecule has 2 rings (SSSR count). The lowest BCUT2D eigenvalue weighted by molar-refractivity contribution is -0.116. The van der Waals surface area contributed by atoms with Crippen molar-refractivity contribution in [3.8, 4) is 5.75 Å². The summed E-state index contributed by atoms with van der Waals surface area (Å²) in [5.74, 6) is 0.0465. The zero-order chi connectivity index (χ0) is 11.7. The summed E-state index contributed by atoms with van der Waals surface area (Å²) in [6, 6.07) is 5.12. The minimum absolute atomic E-state index is 0.0522. The maximum absolute atomic E-state index is 12.0. The fourth-order valence-electron chi connectivity index (χ4n) is 1.69. The Bertz CT molecular complexity index is 457. The van der Waals surface area contributed by atoms with Crippen LogP contribution in [-0.4, -0.2) is 37.4 Å². The highest BCUT2D eigenvalue weighted by molar-refractivity contribution is 6.10. The molecule has 0 spiro atoms. The van der Waals surface area contributed by atoms with E-state index in [1.807, 2.05) is 0 Å². The number of methoxy groups -OCH3 is 1. The Morgan fingerprint density at radius 3 is 2.81 bits per heavy atom. The van der Waals surface area contributed by atoms with Crippen LogP contribution < -0.4 is 10.1 Å². The molecular formula is C11H12N2O3. The van der Waals surface area contributed by atoms with Crippen LogP contribution in [-0.2, 0) is 4.79 Å². The average Bonchev–Trinajstić information content (AvgIpc) is 2.36. The van der Waals surface area contributed by atoms with Crippen molar-refractivity contribution < 1.29 is 14.3 Å². The van der Waals surface area contributed by atoms with Gasteiger partial charge in [0, 0.05) is 7.05 Å². The number of amides is 2. The van der Waals surface area contributed by atoms with Gasteiger partial charge >= 0.3 is 0 Å². The standard InChI is InChI=1S/C11H12N2O3/c1-13-6-9(14)12-7-4-3-5-8(16-2)10(7)11(13)15/h3-5H,6H2,1-2H3,(H,12,14). The molecule has 0 unspecified atom stereocenters. The fourth-order valence-corrected chi connectivity index (χ4v) is 1.69. The monoisotopic (exact) mass is 220 g/mol. The van der Waals surface area contributed by atoms with Crippen LogP contribution in [0.3, 0.4) is 0 Å². The molecule has 0 aromatic heterocycles. The number of fused-ring (bicyclic) bond motifs is 1. The lowest BCUT2D eigenvalue weighted by Gasteiger charge is -2.14. The first-order chi connectivity index (χ1) is 7.63. The molecule has 1 heterocycles. The molecule has 5 nitrogen and oxygen atoms in total. The van der Waals surface area contributed by atoms with Crippen LogP contribution in [0.5, 0.6) is 5.75 Å². The van der Waals surface area contributed by atoms with E-state index in [-0.39, 0.29) is 18.4 Å². The number of rotatable bonds is 1. The van der Waals surface area contributed by atoms with Gasteiger partial charge in [-0.3, -0.25) is 9.59 Å². The second-order valence-corrected chi connectivity index (χ2v) is 3.59. The van der Waals surface area contributed by atoms with Crippen molar-refractivity contribution in [3.63, 3.8) is 0 Å². The third-order valence-electron chi connectivity index (χ3n) is 2.46. The van der Waals surface area contributed by atoms with Crippen LogP contribution in [0.4, 0.5) is 5.69 Å². The molecule has 0 radical (unpaired) electrons. The number of ether oxygens (including phenoxy) is 1. The third-order valence-corrected chi connectivity index (χ3v) is 2.46. The van der Waals surface area contributed by atoms with E-state index in [4.69, 9.17) is 4.74 Å². The Kier molecular flexibility index (Phi) is 2.52. The van der Waals surface area contributed by atoms with Crippen molar-refractivity contribution >= 4 is 17.5 Å². The summed E-state index contributed by atoms with van der Waals surface area (Å²) in [6.07, 6.45) is 0. The Labute approximate surface area is 93.0 Å². The molecule has 0 saturated carbocycles. The molecule has 0 atom stereocenters. The largest absolute Gasteiger partial charge is 0.496 e. The van der Waals surface area contributed by atoms with Gasteiger partial charge in [-0.1, -0.05) is 6.07 Å². The molecule has 0 bridgehead atoms. The first kappa shape index (κ1) is 10.5. The van der Waals surface area contributed by atoms with Gasteiger partial charge < -0.3 is 15.0 Å². The molecule has 0 fully saturated rings. The molecule has 5 heteroatoms. The first-order valence-corrected chi connectivity index (χ1v) is 4.86. The van der Waals surface area contributed by atoms with Crippen LogP contribution in [0, 0.1) is 0 Å². The number of nitrogens with one attached hydrogen (secondary N) is 1. The number of benzene rings is 1.